The van der Waals surface area contributed by atoms with Gasteiger partial charge in [-0.25, -0.2) is 13.1 Å². The van der Waals surface area contributed by atoms with Gasteiger partial charge in [0, 0.05) is 37.1 Å². The van der Waals surface area contributed by atoms with E-state index in [0.29, 0.717) is 36.0 Å². The molecule has 0 amide bonds. The van der Waals surface area contributed by atoms with Crippen molar-refractivity contribution in [2.45, 2.75) is 43.7 Å². The fourth-order valence-electron chi connectivity index (χ4n) is 4.03. The molecule has 1 aliphatic carbocycles. The van der Waals surface area contributed by atoms with E-state index in [4.69, 9.17) is 4.74 Å². The summed E-state index contributed by atoms with van der Waals surface area (Å²) in [5.74, 6) is 0.560. The largest absolute Gasteiger partial charge is 0.377 e. The minimum absolute atomic E-state index is 0.114. The molecule has 0 bridgehead atoms. The van der Waals surface area contributed by atoms with E-state index >= 15 is 0 Å². The van der Waals surface area contributed by atoms with Gasteiger partial charge >= 0.3 is 0 Å². The monoisotopic (exact) mass is 338 g/mol. The number of hydrogen-bond donors (Lipinski definition) is 2. The van der Waals surface area contributed by atoms with Gasteiger partial charge in [0.25, 0.3) is 0 Å². The highest BCUT2D eigenvalue weighted by molar-refractivity contribution is 7.89. The molecule has 23 heavy (non-hydrogen) atoms. The molecule has 2 fully saturated rings. The Labute approximate surface area is 138 Å². The number of benzene rings is 1. The fraction of sp³-hybridized carbons (Fsp3) is 0.647. The van der Waals surface area contributed by atoms with Crippen molar-refractivity contribution in [3.63, 3.8) is 0 Å². The molecule has 128 valence electrons. The van der Waals surface area contributed by atoms with E-state index < -0.39 is 10.0 Å². The average Bonchev–Trinajstić information content (AvgIpc) is 2.55. The van der Waals surface area contributed by atoms with Crippen LogP contribution >= 0.6 is 0 Å². The van der Waals surface area contributed by atoms with Gasteiger partial charge in [0.15, 0.2) is 0 Å². The van der Waals surface area contributed by atoms with Gasteiger partial charge in [-0.1, -0.05) is 32.0 Å². The van der Waals surface area contributed by atoms with Gasteiger partial charge in [0.2, 0.25) is 10.0 Å². The second-order valence-corrected chi connectivity index (χ2v) is 8.83. The number of rotatable bonds is 6. The predicted octanol–water partition coefficient (Wildman–Crippen LogP) is 1.76. The zero-order valence-electron chi connectivity index (χ0n) is 13.8. The third-order valence-corrected chi connectivity index (χ3v) is 6.64. The second-order valence-electron chi connectivity index (χ2n) is 7.06. The third kappa shape index (κ3) is 3.31. The second kappa shape index (κ2) is 6.51. The lowest BCUT2D eigenvalue weighted by atomic mass is 9.55. The molecule has 3 rings (SSSR count). The van der Waals surface area contributed by atoms with Crippen molar-refractivity contribution in [1.82, 2.24) is 10.0 Å². The molecule has 0 aromatic heterocycles. The molecule has 2 aliphatic rings. The Kier molecular flexibility index (Phi) is 4.78. The van der Waals surface area contributed by atoms with Crippen LogP contribution in [0.4, 0.5) is 0 Å². The number of nitrogens with one attached hydrogen (secondary N) is 2. The number of sulfonamides is 1. The summed E-state index contributed by atoms with van der Waals surface area (Å²) in [6.45, 7) is 6.34. The van der Waals surface area contributed by atoms with Crippen LogP contribution in [-0.2, 0) is 14.8 Å². The molecule has 1 heterocycles. The van der Waals surface area contributed by atoms with Crippen molar-refractivity contribution in [2.24, 2.45) is 11.3 Å². The summed E-state index contributed by atoms with van der Waals surface area (Å²) in [5.41, 5.74) is 0.114. The number of ether oxygens (including phenoxy) is 1. The quantitative estimate of drug-likeness (QED) is 0.776. The highest BCUT2D eigenvalue weighted by Crippen LogP contribution is 2.51. The van der Waals surface area contributed by atoms with Crippen LogP contribution in [-0.4, -0.2) is 40.3 Å². The lowest BCUT2D eigenvalue weighted by Gasteiger charge is -2.60. The van der Waals surface area contributed by atoms with Crippen LogP contribution in [0.25, 0.3) is 0 Å². The molecule has 1 aromatic rings. The van der Waals surface area contributed by atoms with E-state index in [1.165, 1.54) is 6.42 Å². The van der Waals surface area contributed by atoms with Crippen LogP contribution in [0.2, 0.25) is 0 Å². The summed E-state index contributed by atoms with van der Waals surface area (Å²) in [6, 6.07) is 8.87. The summed E-state index contributed by atoms with van der Waals surface area (Å²) in [7, 11) is -3.41. The Morgan fingerprint density at radius 1 is 1.22 bits per heavy atom. The molecule has 1 saturated heterocycles. The average molecular weight is 338 g/mol. The van der Waals surface area contributed by atoms with E-state index in [1.807, 2.05) is 6.07 Å². The summed E-state index contributed by atoms with van der Waals surface area (Å²) >= 11 is 0. The Hall–Kier alpha value is -0.950. The summed E-state index contributed by atoms with van der Waals surface area (Å²) in [4.78, 5) is 0.310. The molecular formula is C17H26N2O3S. The Morgan fingerprint density at radius 2 is 1.96 bits per heavy atom. The molecule has 3 atom stereocenters. The molecule has 5 nitrogen and oxygen atoms in total. The van der Waals surface area contributed by atoms with Crippen molar-refractivity contribution in [3.05, 3.63) is 30.3 Å². The van der Waals surface area contributed by atoms with Crippen LogP contribution < -0.4 is 10.0 Å². The van der Waals surface area contributed by atoms with Crippen molar-refractivity contribution in [1.29, 1.82) is 0 Å². The lowest BCUT2D eigenvalue weighted by molar-refractivity contribution is -0.192. The molecule has 0 unspecified atom stereocenters. The van der Waals surface area contributed by atoms with Crippen LogP contribution in [0.5, 0.6) is 0 Å². The smallest absolute Gasteiger partial charge is 0.240 e. The van der Waals surface area contributed by atoms with Gasteiger partial charge in [-0.2, -0.15) is 0 Å². The topological polar surface area (TPSA) is 67.4 Å². The number of fused-ring (bicyclic) bond motifs is 1. The first-order chi connectivity index (χ1) is 10.9. The first-order valence-corrected chi connectivity index (χ1v) is 9.81. The SMILES string of the molecule is CC1(C)[C@H](NCCNS(=O)(=O)c2ccccc2)[C@@H]2CCCO[C@H]21. The zero-order valence-corrected chi connectivity index (χ0v) is 14.6. The van der Waals surface area contributed by atoms with E-state index in [-0.39, 0.29) is 5.41 Å². The molecular weight excluding hydrogens is 312 g/mol. The maximum absolute atomic E-state index is 12.2. The van der Waals surface area contributed by atoms with Gasteiger partial charge in [0.05, 0.1) is 11.0 Å². The minimum atomic E-state index is -3.41. The minimum Gasteiger partial charge on any atom is -0.377 e. The molecule has 0 spiro atoms. The first-order valence-electron chi connectivity index (χ1n) is 8.32. The van der Waals surface area contributed by atoms with E-state index in [0.717, 1.165) is 13.0 Å². The fourth-order valence-corrected chi connectivity index (χ4v) is 5.09. The molecule has 1 aliphatic heterocycles. The zero-order chi connectivity index (χ0) is 16.5. The van der Waals surface area contributed by atoms with E-state index in [9.17, 15) is 8.42 Å². The Morgan fingerprint density at radius 3 is 2.70 bits per heavy atom. The van der Waals surface area contributed by atoms with Crippen molar-refractivity contribution in [2.75, 3.05) is 19.7 Å². The van der Waals surface area contributed by atoms with Gasteiger partial charge in [0.1, 0.15) is 0 Å². The summed E-state index contributed by atoms with van der Waals surface area (Å²) in [6.07, 6.45) is 2.66. The van der Waals surface area contributed by atoms with E-state index in [1.54, 1.807) is 24.3 Å². The Balaban J connectivity index is 1.49. The first kappa shape index (κ1) is 16.9. The maximum atomic E-state index is 12.2. The van der Waals surface area contributed by atoms with Crippen LogP contribution in [0, 0.1) is 11.3 Å². The highest BCUT2D eigenvalue weighted by atomic mass is 32.2. The Bertz CT molecular complexity index is 630. The maximum Gasteiger partial charge on any atom is 0.240 e. The highest BCUT2D eigenvalue weighted by Gasteiger charge is 2.57. The summed E-state index contributed by atoms with van der Waals surface area (Å²) < 4.78 is 32.9. The summed E-state index contributed by atoms with van der Waals surface area (Å²) in [5, 5.41) is 3.53. The van der Waals surface area contributed by atoms with Crippen LogP contribution in [0.1, 0.15) is 26.7 Å². The van der Waals surface area contributed by atoms with Gasteiger partial charge in [-0.15, -0.1) is 0 Å². The van der Waals surface area contributed by atoms with E-state index in [2.05, 4.69) is 23.9 Å². The van der Waals surface area contributed by atoms with Gasteiger partial charge in [-0.05, 0) is 25.0 Å². The number of hydrogen-bond acceptors (Lipinski definition) is 4. The van der Waals surface area contributed by atoms with Gasteiger partial charge < -0.3 is 10.1 Å². The van der Waals surface area contributed by atoms with Crippen molar-refractivity contribution in [3.8, 4) is 0 Å². The van der Waals surface area contributed by atoms with Crippen molar-refractivity contribution < 1.29 is 13.2 Å². The molecule has 0 radical (unpaired) electrons. The molecule has 1 aromatic carbocycles. The van der Waals surface area contributed by atoms with Crippen LogP contribution in [0.3, 0.4) is 0 Å². The molecule has 1 saturated carbocycles. The molecule has 2 N–H and O–H groups in total. The van der Waals surface area contributed by atoms with Crippen LogP contribution in [0.15, 0.2) is 35.2 Å². The molecule has 6 heteroatoms. The predicted molar refractivity (Wildman–Crippen MR) is 89.7 cm³/mol. The lowest BCUT2D eigenvalue weighted by Crippen LogP contribution is -2.69. The van der Waals surface area contributed by atoms with Gasteiger partial charge in [-0.3, -0.25) is 0 Å². The third-order valence-electron chi connectivity index (χ3n) is 5.17. The standard InChI is InChI=1S/C17H26N2O3S/c1-17(2)15(14-9-6-12-22-16(14)17)18-10-11-19-23(20,21)13-7-4-3-5-8-13/h3-5,7-8,14-16,18-19H,6,9-12H2,1-2H3/t14-,15+,16+/m0/s1. The normalized spacial score (nSPS) is 29.6. The van der Waals surface area contributed by atoms with Crippen molar-refractivity contribution >= 4 is 10.0 Å².